The zero-order valence-electron chi connectivity index (χ0n) is 8.72. The molecule has 0 aliphatic heterocycles. The lowest BCUT2D eigenvalue weighted by Crippen LogP contribution is -2.09. The average Bonchev–Trinajstić information content (AvgIpc) is 2.17. The Morgan fingerprint density at radius 1 is 1.47 bits per heavy atom. The molecule has 0 aliphatic rings. The lowest BCUT2D eigenvalue weighted by atomic mass is 10.2. The van der Waals surface area contributed by atoms with Gasteiger partial charge in [0.25, 0.3) is 0 Å². The maximum Gasteiger partial charge on any atom is 0.414 e. The van der Waals surface area contributed by atoms with Gasteiger partial charge in [-0.25, -0.2) is 14.0 Å². The summed E-state index contributed by atoms with van der Waals surface area (Å²) in [5.41, 5.74) is 5.75. The molecule has 0 aromatic carbocycles. The predicted octanol–water partition coefficient (Wildman–Crippen LogP) is 1.16. The first-order valence-electron chi connectivity index (χ1n) is 4.28. The van der Waals surface area contributed by atoms with E-state index in [4.69, 9.17) is 25.5 Å². The van der Waals surface area contributed by atoms with Crippen LogP contribution in [-0.4, -0.2) is 27.1 Å². The number of hydrogen-bond donors (Lipinski definition) is 3. The minimum absolute atomic E-state index is 0.299. The summed E-state index contributed by atoms with van der Waals surface area (Å²) < 4.78 is 13.6. The van der Waals surface area contributed by atoms with Gasteiger partial charge >= 0.3 is 11.9 Å². The number of aliphatic carboxylic acids is 2. The van der Waals surface area contributed by atoms with Crippen LogP contribution in [0, 0.1) is 5.82 Å². The third-order valence-electron chi connectivity index (χ3n) is 1.45. The third-order valence-corrected chi connectivity index (χ3v) is 1.88. The number of pyridine rings is 1. The number of hydrogen-bond acceptors (Lipinski definition) is 4. The van der Waals surface area contributed by atoms with E-state index in [2.05, 4.69) is 20.9 Å². The molecule has 4 N–H and O–H groups in total. The van der Waals surface area contributed by atoms with Crippen LogP contribution < -0.4 is 5.73 Å². The van der Waals surface area contributed by atoms with Crippen LogP contribution in [0.3, 0.4) is 0 Å². The Bertz CT molecular complexity index is 413. The fraction of sp³-hybridized carbons (Fsp3) is 0.222. The van der Waals surface area contributed by atoms with Crippen LogP contribution in [0.25, 0.3) is 0 Å². The molecule has 0 bridgehead atoms. The first-order chi connectivity index (χ1) is 7.75. The van der Waals surface area contributed by atoms with Gasteiger partial charge in [-0.15, -0.1) is 0 Å². The second-order valence-electron chi connectivity index (χ2n) is 2.92. The Hall–Kier alpha value is -1.54. The Kier molecular flexibility index (Phi) is 6.29. The number of halogens is 2. The van der Waals surface area contributed by atoms with Crippen molar-refractivity contribution in [3.05, 3.63) is 28.2 Å². The van der Waals surface area contributed by atoms with Crippen molar-refractivity contribution in [2.45, 2.75) is 13.0 Å². The molecular weight excluding hydrogens is 299 g/mol. The van der Waals surface area contributed by atoms with Gasteiger partial charge in [-0.05, 0) is 28.9 Å². The van der Waals surface area contributed by atoms with Gasteiger partial charge in [-0.3, -0.25) is 4.98 Å². The molecule has 1 atom stereocenters. The van der Waals surface area contributed by atoms with Crippen molar-refractivity contribution in [3.8, 4) is 0 Å². The number of nitrogens with two attached hydrogens (primary N) is 1. The highest BCUT2D eigenvalue weighted by Gasteiger charge is 2.07. The summed E-state index contributed by atoms with van der Waals surface area (Å²) in [5.74, 6) is -4.01. The van der Waals surface area contributed by atoms with Gasteiger partial charge in [0.2, 0.25) is 0 Å². The zero-order chi connectivity index (χ0) is 13.6. The summed E-state index contributed by atoms with van der Waals surface area (Å²) in [6.07, 6.45) is 1.53. The van der Waals surface area contributed by atoms with E-state index in [-0.39, 0.29) is 11.9 Å². The predicted molar refractivity (Wildman–Crippen MR) is 59.8 cm³/mol. The molecule has 6 nitrogen and oxygen atoms in total. The first kappa shape index (κ1) is 15.5. The lowest BCUT2D eigenvalue weighted by Gasteiger charge is -2.04. The van der Waals surface area contributed by atoms with E-state index in [9.17, 15) is 4.39 Å². The van der Waals surface area contributed by atoms with Crippen LogP contribution in [0.2, 0.25) is 0 Å². The van der Waals surface area contributed by atoms with Gasteiger partial charge in [0, 0.05) is 16.7 Å². The maximum absolute atomic E-state index is 12.9. The summed E-state index contributed by atoms with van der Waals surface area (Å²) in [7, 11) is 0. The van der Waals surface area contributed by atoms with Crippen molar-refractivity contribution in [1.29, 1.82) is 0 Å². The molecule has 8 heteroatoms. The fourth-order valence-electron chi connectivity index (χ4n) is 0.760. The summed E-state index contributed by atoms with van der Waals surface area (Å²) >= 11 is 3.10. The lowest BCUT2D eigenvalue weighted by molar-refractivity contribution is -0.159. The number of carboxylic acid groups (broad SMARTS) is 2. The van der Waals surface area contributed by atoms with Crippen molar-refractivity contribution >= 4 is 27.9 Å². The van der Waals surface area contributed by atoms with E-state index in [0.717, 1.165) is 0 Å². The first-order valence-corrected chi connectivity index (χ1v) is 5.07. The summed E-state index contributed by atoms with van der Waals surface area (Å²) in [4.78, 5) is 22.0. The van der Waals surface area contributed by atoms with E-state index >= 15 is 0 Å². The fourth-order valence-corrected chi connectivity index (χ4v) is 1.06. The van der Waals surface area contributed by atoms with Crippen LogP contribution in [-0.2, 0) is 9.59 Å². The molecule has 1 aromatic heterocycles. The van der Waals surface area contributed by atoms with E-state index in [1.807, 2.05) is 0 Å². The summed E-state index contributed by atoms with van der Waals surface area (Å²) in [6, 6.07) is 0.995. The number of nitrogens with zero attached hydrogens (tertiary/aromatic N) is 1. The van der Waals surface area contributed by atoms with Crippen LogP contribution in [0.15, 0.2) is 16.7 Å². The molecule has 94 valence electrons. The van der Waals surface area contributed by atoms with Crippen LogP contribution >= 0.6 is 15.9 Å². The van der Waals surface area contributed by atoms with Crippen molar-refractivity contribution in [3.63, 3.8) is 0 Å². The molecule has 1 rings (SSSR count). The SMILES string of the molecule is CC(N)c1ncc(Br)cc1F.O=C(O)C(=O)O. The molecule has 0 spiro atoms. The molecule has 1 aromatic rings. The van der Waals surface area contributed by atoms with Gasteiger partial charge in [-0.2, -0.15) is 0 Å². The quantitative estimate of drug-likeness (QED) is 0.671. The molecular formula is C9H10BrFN2O4. The number of carbonyl (C=O) groups is 2. The summed E-state index contributed by atoms with van der Waals surface area (Å²) in [6.45, 7) is 1.69. The Morgan fingerprint density at radius 2 is 1.94 bits per heavy atom. The van der Waals surface area contributed by atoms with E-state index in [0.29, 0.717) is 10.2 Å². The Morgan fingerprint density at radius 3 is 2.24 bits per heavy atom. The minimum Gasteiger partial charge on any atom is -0.473 e. The highest BCUT2D eigenvalue weighted by Crippen LogP contribution is 2.15. The van der Waals surface area contributed by atoms with E-state index in [1.165, 1.54) is 12.3 Å². The van der Waals surface area contributed by atoms with Gasteiger partial charge in [0.05, 0.1) is 5.69 Å². The number of rotatable bonds is 1. The number of aromatic nitrogens is 1. The average molecular weight is 309 g/mol. The molecule has 0 fully saturated rings. The second kappa shape index (κ2) is 6.92. The largest absolute Gasteiger partial charge is 0.473 e. The van der Waals surface area contributed by atoms with Crippen molar-refractivity contribution < 1.29 is 24.2 Å². The molecule has 0 saturated heterocycles. The Balaban J connectivity index is 0.000000366. The van der Waals surface area contributed by atoms with Gasteiger partial charge in [0.1, 0.15) is 5.82 Å². The van der Waals surface area contributed by atoms with Gasteiger partial charge < -0.3 is 15.9 Å². The summed E-state index contributed by atoms with van der Waals surface area (Å²) in [5, 5.41) is 14.8. The standard InChI is InChI=1S/C7H8BrFN2.C2H2O4/c1-4(10)7-6(9)2-5(8)3-11-7;3-1(4)2(5)6/h2-4H,10H2,1H3;(H,3,4)(H,5,6). The normalized spacial score (nSPS) is 11.1. The van der Waals surface area contributed by atoms with Crippen LogP contribution in [0.4, 0.5) is 4.39 Å². The smallest absolute Gasteiger partial charge is 0.414 e. The Labute approximate surface area is 104 Å². The van der Waals surface area contributed by atoms with E-state index < -0.39 is 11.9 Å². The monoisotopic (exact) mass is 308 g/mol. The third kappa shape index (κ3) is 5.93. The maximum atomic E-state index is 12.9. The minimum atomic E-state index is -1.82. The number of carboxylic acids is 2. The van der Waals surface area contributed by atoms with Gasteiger partial charge in [-0.1, -0.05) is 0 Å². The van der Waals surface area contributed by atoms with Crippen LogP contribution in [0.5, 0.6) is 0 Å². The van der Waals surface area contributed by atoms with Gasteiger partial charge in [0.15, 0.2) is 0 Å². The second-order valence-corrected chi connectivity index (χ2v) is 3.84. The highest BCUT2D eigenvalue weighted by molar-refractivity contribution is 9.10. The van der Waals surface area contributed by atoms with Crippen molar-refractivity contribution in [2.75, 3.05) is 0 Å². The topological polar surface area (TPSA) is 114 Å². The van der Waals surface area contributed by atoms with E-state index in [1.54, 1.807) is 6.92 Å². The van der Waals surface area contributed by atoms with Crippen molar-refractivity contribution in [2.24, 2.45) is 5.73 Å². The van der Waals surface area contributed by atoms with Crippen LogP contribution in [0.1, 0.15) is 18.7 Å². The molecule has 0 aliphatic carbocycles. The molecule has 0 saturated carbocycles. The molecule has 0 radical (unpaired) electrons. The zero-order valence-corrected chi connectivity index (χ0v) is 10.3. The van der Waals surface area contributed by atoms with Crippen molar-refractivity contribution in [1.82, 2.24) is 4.98 Å². The molecule has 17 heavy (non-hydrogen) atoms. The highest BCUT2D eigenvalue weighted by atomic mass is 79.9. The molecule has 0 amide bonds. The molecule has 1 heterocycles. The molecule has 1 unspecified atom stereocenters.